The van der Waals surface area contributed by atoms with Crippen molar-refractivity contribution in [2.45, 2.75) is 17.9 Å². The molecule has 0 aliphatic carbocycles. The summed E-state index contributed by atoms with van der Waals surface area (Å²) in [7, 11) is -2.74. The van der Waals surface area contributed by atoms with Crippen LogP contribution >= 0.6 is 0 Å². The monoisotopic (exact) mass is 273 g/mol. The Morgan fingerprint density at radius 3 is 2.67 bits per heavy atom. The summed E-state index contributed by atoms with van der Waals surface area (Å²) in [4.78, 5) is 11.2. The lowest BCUT2D eigenvalue weighted by Gasteiger charge is -2.14. The van der Waals surface area contributed by atoms with Gasteiger partial charge in [-0.15, -0.1) is 0 Å². The van der Waals surface area contributed by atoms with E-state index in [4.69, 9.17) is 5.11 Å². The molecule has 0 fully saturated rings. The van der Waals surface area contributed by atoms with Gasteiger partial charge >= 0.3 is 5.97 Å². The van der Waals surface area contributed by atoms with Crippen molar-refractivity contribution in [3.63, 3.8) is 0 Å². The first kappa shape index (κ1) is 14.6. The van der Waals surface area contributed by atoms with Gasteiger partial charge in [-0.05, 0) is 24.6 Å². The highest BCUT2D eigenvalue weighted by Crippen LogP contribution is 2.11. The lowest BCUT2D eigenvalue weighted by Crippen LogP contribution is -2.43. The fraction of sp³-hybridized carbons (Fsp3) is 0.364. The Bertz CT molecular complexity index is 526. The van der Waals surface area contributed by atoms with Crippen LogP contribution in [0.5, 0.6) is 0 Å². The number of aliphatic hydroxyl groups excluding tert-OH is 1. The van der Waals surface area contributed by atoms with Crippen LogP contribution in [-0.4, -0.2) is 39.3 Å². The zero-order valence-corrected chi connectivity index (χ0v) is 10.9. The Balaban J connectivity index is 2.97. The highest BCUT2D eigenvalue weighted by molar-refractivity contribution is 7.89. The molecule has 1 aromatic rings. The summed E-state index contributed by atoms with van der Waals surface area (Å²) in [5.41, 5.74) is 0.775. The van der Waals surface area contributed by atoms with Crippen LogP contribution in [0.25, 0.3) is 0 Å². The Morgan fingerprint density at radius 2 is 2.17 bits per heavy atom. The van der Waals surface area contributed by atoms with Gasteiger partial charge in [-0.2, -0.15) is 4.72 Å². The first-order valence-corrected chi connectivity index (χ1v) is 6.66. The number of aryl methyl sites for hydroxylation is 1. The van der Waals surface area contributed by atoms with Crippen LogP contribution < -0.4 is 4.72 Å². The molecule has 0 radical (unpaired) electrons. The van der Waals surface area contributed by atoms with E-state index in [0.29, 0.717) is 0 Å². The minimum atomic E-state index is -3.86. The molecule has 7 heteroatoms. The number of sulfonamides is 1. The van der Waals surface area contributed by atoms with E-state index in [0.717, 1.165) is 12.7 Å². The zero-order chi connectivity index (χ0) is 13.8. The molecule has 1 unspecified atom stereocenters. The smallest absolute Gasteiger partial charge is 0.326 e. The molecule has 1 rings (SSSR count). The van der Waals surface area contributed by atoms with Crippen LogP contribution in [0, 0.1) is 6.92 Å². The fourth-order valence-electron chi connectivity index (χ4n) is 1.34. The Kier molecular flexibility index (Phi) is 4.83. The molecule has 0 amide bonds. The maximum absolute atomic E-state index is 11.9. The highest BCUT2D eigenvalue weighted by Gasteiger charge is 2.25. The third kappa shape index (κ3) is 3.52. The number of carbonyl (C=O) groups excluding carboxylic acids is 1. The van der Waals surface area contributed by atoms with Gasteiger partial charge in [0.2, 0.25) is 10.0 Å². The molecule has 0 aliphatic rings. The summed E-state index contributed by atoms with van der Waals surface area (Å²) in [6.45, 7) is 1.08. The fourth-order valence-corrected chi connectivity index (χ4v) is 2.62. The Morgan fingerprint density at radius 1 is 1.50 bits per heavy atom. The van der Waals surface area contributed by atoms with Crippen LogP contribution in [0.1, 0.15) is 5.56 Å². The van der Waals surface area contributed by atoms with Crippen molar-refractivity contribution < 1.29 is 23.1 Å². The standard InChI is InChI=1S/C11H15NO5S/c1-8-4-3-5-9(6-8)18(15,16)12-10(7-13)11(14)17-2/h3-6,10,12-13H,7H2,1-2H3. The van der Waals surface area contributed by atoms with Gasteiger partial charge in [0, 0.05) is 0 Å². The summed E-state index contributed by atoms with van der Waals surface area (Å²) < 4.78 is 30.4. The number of esters is 1. The number of rotatable bonds is 5. The van der Waals surface area contributed by atoms with E-state index >= 15 is 0 Å². The third-order valence-electron chi connectivity index (χ3n) is 2.27. The molecular formula is C11H15NO5S. The van der Waals surface area contributed by atoms with Crippen molar-refractivity contribution in [3.05, 3.63) is 29.8 Å². The molecule has 0 aromatic heterocycles. The molecule has 18 heavy (non-hydrogen) atoms. The zero-order valence-electron chi connectivity index (χ0n) is 10.1. The molecule has 0 saturated heterocycles. The van der Waals surface area contributed by atoms with Gasteiger partial charge in [-0.3, -0.25) is 4.79 Å². The van der Waals surface area contributed by atoms with Crippen LogP contribution in [-0.2, 0) is 19.6 Å². The largest absolute Gasteiger partial charge is 0.468 e. The molecule has 6 nitrogen and oxygen atoms in total. The second kappa shape index (κ2) is 5.94. The number of ether oxygens (including phenoxy) is 1. The predicted molar refractivity (Wildman–Crippen MR) is 64.4 cm³/mol. The number of methoxy groups -OCH3 is 1. The maximum Gasteiger partial charge on any atom is 0.326 e. The first-order chi connectivity index (χ1) is 8.40. The molecule has 0 aliphatic heterocycles. The molecule has 0 heterocycles. The normalized spacial score (nSPS) is 13.1. The van der Waals surface area contributed by atoms with E-state index < -0.39 is 28.6 Å². The summed E-state index contributed by atoms with van der Waals surface area (Å²) in [6, 6.07) is 4.91. The summed E-state index contributed by atoms with van der Waals surface area (Å²) in [6.07, 6.45) is 0. The van der Waals surface area contributed by atoms with Gasteiger partial charge < -0.3 is 9.84 Å². The summed E-state index contributed by atoms with van der Waals surface area (Å²) >= 11 is 0. The van der Waals surface area contributed by atoms with Crippen LogP contribution in [0.2, 0.25) is 0 Å². The molecule has 1 aromatic carbocycles. The highest BCUT2D eigenvalue weighted by atomic mass is 32.2. The Labute approximate surface area is 106 Å². The minimum absolute atomic E-state index is 0.0323. The lowest BCUT2D eigenvalue weighted by atomic mass is 10.2. The maximum atomic E-state index is 11.9. The second-order valence-corrected chi connectivity index (χ2v) is 5.41. The molecule has 0 spiro atoms. The van der Waals surface area contributed by atoms with Crippen molar-refractivity contribution >= 4 is 16.0 Å². The SMILES string of the molecule is COC(=O)C(CO)NS(=O)(=O)c1cccc(C)c1. The molecule has 100 valence electrons. The number of benzene rings is 1. The molecule has 0 saturated carbocycles. The van der Waals surface area contributed by atoms with Crippen molar-refractivity contribution in [2.75, 3.05) is 13.7 Å². The minimum Gasteiger partial charge on any atom is -0.468 e. The van der Waals surface area contributed by atoms with E-state index in [-0.39, 0.29) is 4.90 Å². The van der Waals surface area contributed by atoms with Crippen molar-refractivity contribution in [2.24, 2.45) is 0 Å². The number of nitrogens with one attached hydrogen (secondary N) is 1. The average Bonchev–Trinajstić information content (AvgIpc) is 2.35. The van der Waals surface area contributed by atoms with E-state index in [1.807, 2.05) is 0 Å². The van der Waals surface area contributed by atoms with Gasteiger partial charge in [-0.25, -0.2) is 8.42 Å². The third-order valence-corrected chi connectivity index (χ3v) is 3.73. The second-order valence-electron chi connectivity index (χ2n) is 3.70. The number of hydrogen-bond donors (Lipinski definition) is 2. The molecule has 1 atom stereocenters. The predicted octanol–water partition coefficient (Wildman–Crippen LogP) is -0.193. The van der Waals surface area contributed by atoms with Crippen LogP contribution in [0.4, 0.5) is 0 Å². The van der Waals surface area contributed by atoms with E-state index in [1.165, 1.54) is 12.1 Å². The quantitative estimate of drug-likeness (QED) is 0.725. The van der Waals surface area contributed by atoms with Crippen molar-refractivity contribution in [1.82, 2.24) is 4.72 Å². The lowest BCUT2D eigenvalue weighted by molar-refractivity contribution is -0.143. The van der Waals surface area contributed by atoms with Gasteiger partial charge in [0.05, 0.1) is 18.6 Å². The molecule has 0 bridgehead atoms. The van der Waals surface area contributed by atoms with Gasteiger partial charge in [0.25, 0.3) is 0 Å². The van der Waals surface area contributed by atoms with Crippen molar-refractivity contribution in [1.29, 1.82) is 0 Å². The first-order valence-electron chi connectivity index (χ1n) is 5.18. The van der Waals surface area contributed by atoms with Gasteiger partial charge in [0.1, 0.15) is 6.04 Å². The van der Waals surface area contributed by atoms with E-state index in [1.54, 1.807) is 19.1 Å². The van der Waals surface area contributed by atoms with Crippen molar-refractivity contribution in [3.8, 4) is 0 Å². The number of carbonyl (C=O) groups is 1. The van der Waals surface area contributed by atoms with E-state index in [9.17, 15) is 13.2 Å². The average molecular weight is 273 g/mol. The Hall–Kier alpha value is -1.44. The van der Waals surface area contributed by atoms with Crippen LogP contribution in [0.3, 0.4) is 0 Å². The topological polar surface area (TPSA) is 92.7 Å². The summed E-state index contributed by atoms with van der Waals surface area (Å²) in [5.74, 6) is -0.839. The number of hydrogen-bond acceptors (Lipinski definition) is 5. The summed E-state index contributed by atoms with van der Waals surface area (Å²) in [5, 5.41) is 8.96. The van der Waals surface area contributed by atoms with Gasteiger partial charge in [0.15, 0.2) is 0 Å². The van der Waals surface area contributed by atoms with Crippen LogP contribution in [0.15, 0.2) is 29.2 Å². The van der Waals surface area contributed by atoms with E-state index in [2.05, 4.69) is 9.46 Å². The molecular weight excluding hydrogens is 258 g/mol. The van der Waals surface area contributed by atoms with Gasteiger partial charge in [-0.1, -0.05) is 12.1 Å². The number of aliphatic hydroxyl groups is 1. The molecule has 2 N–H and O–H groups in total.